The van der Waals surface area contributed by atoms with Crippen LogP contribution in [0.1, 0.15) is 62.3 Å². The highest BCUT2D eigenvalue weighted by Crippen LogP contribution is 2.35. The highest BCUT2D eigenvalue weighted by atomic mass is 16.2. The average Bonchev–Trinajstić information content (AvgIpc) is 3.34. The number of benzene rings is 1. The van der Waals surface area contributed by atoms with Crippen molar-refractivity contribution in [3.63, 3.8) is 0 Å². The first-order valence-corrected chi connectivity index (χ1v) is 12.8. The number of hydrogen-bond donors (Lipinski definition) is 0. The van der Waals surface area contributed by atoms with Crippen LogP contribution in [0.3, 0.4) is 0 Å². The summed E-state index contributed by atoms with van der Waals surface area (Å²) in [6.45, 7) is 6.15. The van der Waals surface area contributed by atoms with Gasteiger partial charge in [-0.25, -0.2) is 0 Å². The molecule has 0 saturated carbocycles. The molecule has 0 bridgehead atoms. The number of hydrogen-bond acceptors (Lipinski definition) is 5. The molecule has 8 nitrogen and oxygen atoms in total. The van der Waals surface area contributed by atoms with Crippen LogP contribution < -0.4 is 4.90 Å². The predicted octanol–water partition coefficient (Wildman–Crippen LogP) is 4.08. The van der Waals surface area contributed by atoms with E-state index in [9.17, 15) is 14.4 Å². The van der Waals surface area contributed by atoms with Crippen LogP contribution in [0.2, 0.25) is 0 Å². The molecule has 1 fully saturated rings. The van der Waals surface area contributed by atoms with Crippen molar-refractivity contribution < 1.29 is 14.4 Å². The van der Waals surface area contributed by atoms with Gasteiger partial charge in [-0.1, -0.05) is 51.1 Å². The number of pyridine rings is 1. The van der Waals surface area contributed by atoms with E-state index in [1.807, 2.05) is 49.4 Å². The summed E-state index contributed by atoms with van der Waals surface area (Å²) in [5.41, 5.74) is 3.53. The van der Waals surface area contributed by atoms with Crippen molar-refractivity contribution in [1.82, 2.24) is 19.7 Å². The van der Waals surface area contributed by atoms with E-state index in [0.717, 1.165) is 23.2 Å². The second kappa shape index (κ2) is 11.1. The number of carbonyl (C=O) groups excluding carboxylic acids is 3. The SMILES string of the molecule is CC[C@@H](CC(=O)N1C(=O)[C@H](Cc2ccnc(C(C)C)c2)[C@H]1C(=O)N(C)c1cnn(C)c1)c1ccccc1. The van der Waals surface area contributed by atoms with Gasteiger partial charge in [-0.15, -0.1) is 0 Å². The lowest BCUT2D eigenvalue weighted by molar-refractivity contribution is -0.170. The fraction of sp³-hybridized carbons (Fsp3) is 0.414. The molecule has 0 spiro atoms. The van der Waals surface area contributed by atoms with Gasteiger partial charge in [0.05, 0.1) is 17.8 Å². The minimum atomic E-state index is -0.867. The van der Waals surface area contributed by atoms with Gasteiger partial charge >= 0.3 is 0 Å². The Balaban J connectivity index is 1.60. The molecule has 3 atom stereocenters. The molecule has 0 unspecified atom stereocenters. The van der Waals surface area contributed by atoms with Crippen LogP contribution in [0.25, 0.3) is 0 Å². The molecular weight excluding hydrogens is 466 g/mol. The van der Waals surface area contributed by atoms with Crippen molar-refractivity contribution >= 4 is 23.4 Å². The molecule has 4 rings (SSSR count). The van der Waals surface area contributed by atoms with Crippen molar-refractivity contribution in [3.8, 4) is 0 Å². The van der Waals surface area contributed by atoms with Crippen molar-refractivity contribution in [2.24, 2.45) is 13.0 Å². The minimum Gasteiger partial charge on any atom is -0.311 e. The maximum absolute atomic E-state index is 13.7. The van der Waals surface area contributed by atoms with Crippen LogP contribution in [0.15, 0.2) is 61.1 Å². The van der Waals surface area contributed by atoms with Crippen LogP contribution in [0, 0.1) is 5.92 Å². The standard InChI is InChI=1S/C29H35N5O3/c1-6-21(22-10-8-7-9-11-22)16-26(35)34-27(29(37)33(5)23-17-31-32(4)18-23)24(28(34)36)14-20-12-13-30-25(15-20)19(2)3/h7-13,15,17-19,21,24,27H,6,14,16H2,1-5H3/t21-,24+,27-/m0/s1. The molecule has 1 aliphatic heterocycles. The molecule has 2 aromatic heterocycles. The summed E-state index contributed by atoms with van der Waals surface area (Å²) >= 11 is 0. The van der Waals surface area contributed by atoms with Gasteiger partial charge in [0, 0.05) is 38.6 Å². The monoisotopic (exact) mass is 501 g/mol. The Kier molecular flexibility index (Phi) is 7.86. The first-order valence-electron chi connectivity index (χ1n) is 12.8. The zero-order valence-corrected chi connectivity index (χ0v) is 22.2. The summed E-state index contributed by atoms with van der Waals surface area (Å²) in [5.74, 6) is -1.30. The first kappa shape index (κ1) is 26.3. The number of nitrogens with zero attached hydrogens (tertiary/aromatic N) is 5. The van der Waals surface area contributed by atoms with E-state index in [4.69, 9.17) is 0 Å². The molecule has 1 aliphatic rings. The summed E-state index contributed by atoms with van der Waals surface area (Å²) in [6.07, 6.45) is 6.37. The Hall–Kier alpha value is -3.81. The van der Waals surface area contributed by atoms with E-state index in [1.54, 1.807) is 37.4 Å². The number of aryl methyl sites for hydroxylation is 1. The molecule has 1 aromatic carbocycles. The Morgan fingerprint density at radius 3 is 2.49 bits per heavy atom. The van der Waals surface area contributed by atoms with Gasteiger partial charge in [0.1, 0.15) is 6.04 Å². The smallest absolute Gasteiger partial charge is 0.250 e. The normalized spacial score (nSPS) is 18.0. The number of imide groups is 1. The summed E-state index contributed by atoms with van der Waals surface area (Å²) in [4.78, 5) is 47.7. The quantitative estimate of drug-likeness (QED) is 0.412. The lowest BCUT2D eigenvalue weighted by Gasteiger charge is -2.46. The molecular formula is C29H35N5O3. The van der Waals surface area contributed by atoms with Crippen LogP contribution in [-0.4, -0.2) is 50.5 Å². The van der Waals surface area contributed by atoms with Gasteiger partial charge in [0.25, 0.3) is 5.91 Å². The Bertz CT molecular complexity index is 1270. The molecule has 3 amide bonds. The van der Waals surface area contributed by atoms with Gasteiger partial charge in [-0.05, 0) is 47.9 Å². The van der Waals surface area contributed by atoms with Gasteiger partial charge < -0.3 is 4.90 Å². The highest BCUT2D eigenvalue weighted by Gasteiger charge is 2.55. The topological polar surface area (TPSA) is 88.4 Å². The second-order valence-corrected chi connectivity index (χ2v) is 10.1. The van der Waals surface area contributed by atoms with E-state index in [-0.39, 0.29) is 36.0 Å². The number of rotatable bonds is 9. The van der Waals surface area contributed by atoms with E-state index in [2.05, 4.69) is 23.9 Å². The lowest BCUT2D eigenvalue weighted by atomic mass is 9.80. The lowest BCUT2D eigenvalue weighted by Crippen LogP contribution is -2.69. The minimum absolute atomic E-state index is 0.0267. The molecule has 3 aromatic rings. The molecule has 0 radical (unpaired) electrons. The third-order valence-electron chi connectivity index (χ3n) is 7.22. The van der Waals surface area contributed by atoms with Crippen molar-refractivity contribution in [2.45, 2.75) is 57.9 Å². The molecule has 0 aliphatic carbocycles. The molecule has 8 heteroatoms. The Morgan fingerprint density at radius 2 is 1.86 bits per heavy atom. The summed E-state index contributed by atoms with van der Waals surface area (Å²) < 4.78 is 1.61. The van der Waals surface area contributed by atoms with E-state index >= 15 is 0 Å². The Labute approximate surface area is 218 Å². The average molecular weight is 502 g/mol. The first-order chi connectivity index (χ1) is 17.7. The number of amides is 3. The second-order valence-electron chi connectivity index (χ2n) is 10.1. The summed E-state index contributed by atoms with van der Waals surface area (Å²) in [6, 6.07) is 12.8. The van der Waals surface area contributed by atoms with E-state index < -0.39 is 12.0 Å². The Morgan fingerprint density at radius 1 is 1.14 bits per heavy atom. The number of carbonyl (C=O) groups is 3. The molecule has 0 N–H and O–H groups in total. The number of likely N-dealkylation sites (tertiary alicyclic amines) is 1. The van der Waals surface area contributed by atoms with Crippen molar-refractivity contribution in [3.05, 3.63) is 77.9 Å². The van der Waals surface area contributed by atoms with Crippen LogP contribution in [0.4, 0.5) is 5.69 Å². The third-order valence-corrected chi connectivity index (χ3v) is 7.22. The van der Waals surface area contributed by atoms with Crippen LogP contribution in [0.5, 0.6) is 0 Å². The maximum atomic E-state index is 13.7. The third kappa shape index (κ3) is 5.48. The van der Waals surface area contributed by atoms with Gasteiger partial charge in [0.2, 0.25) is 11.8 Å². The zero-order valence-electron chi connectivity index (χ0n) is 22.2. The van der Waals surface area contributed by atoms with Crippen molar-refractivity contribution in [2.75, 3.05) is 11.9 Å². The molecule has 37 heavy (non-hydrogen) atoms. The number of anilines is 1. The molecule has 1 saturated heterocycles. The largest absolute Gasteiger partial charge is 0.311 e. The predicted molar refractivity (Wildman–Crippen MR) is 142 cm³/mol. The number of likely N-dealkylation sites (N-methyl/N-ethyl adjacent to an activating group) is 1. The maximum Gasteiger partial charge on any atom is 0.250 e. The fourth-order valence-electron chi connectivity index (χ4n) is 4.94. The summed E-state index contributed by atoms with van der Waals surface area (Å²) in [7, 11) is 3.43. The number of aromatic nitrogens is 3. The summed E-state index contributed by atoms with van der Waals surface area (Å²) in [5, 5.41) is 4.16. The van der Waals surface area contributed by atoms with Crippen molar-refractivity contribution in [1.29, 1.82) is 0 Å². The van der Waals surface area contributed by atoms with E-state index in [1.165, 1.54) is 9.80 Å². The van der Waals surface area contributed by atoms with Gasteiger partial charge in [-0.2, -0.15) is 5.10 Å². The zero-order chi connectivity index (χ0) is 26.7. The van der Waals surface area contributed by atoms with Gasteiger partial charge in [0.15, 0.2) is 0 Å². The molecule has 3 heterocycles. The number of β-lactam (4-membered cyclic amide) rings is 1. The fourth-order valence-corrected chi connectivity index (χ4v) is 4.94. The molecule has 194 valence electrons. The van der Waals surface area contributed by atoms with Gasteiger partial charge in [-0.3, -0.25) is 28.9 Å². The van der Waals surface area contributed by atoms with Crippen LogP contribution in [-0.2, 0) is 27.9 Å². The van der Waals surface area contributed by atoms with Crippen LogP contribution >= 0.6 is 0 Å². The highest BCUT2D eigenvalue weighted by molar-refractivity contribution is 6.12. The van der Waals surface area contributed by atoms with E-state index in [0.29, 0.717) is 12.1 Å².